The lowest BCUT2D eigenvalue weighted by molar-refractivity contribution is 0.0602. The number of hydrogen-bond donors (Lipinski definition) is 2. The highest BCUT2D eigenvalue weighted by Gasteiger charge is 2.18. The molecule has 0 atom stereocenters. The number of para-hydroxylation sites is 1. The first-order chi connectivity index (χ1) is 16.5. The Bertz CT molecular complexity index is 1380. The third-order valence-electron chi connectivity index (χ3n) is 5.54. The van der Waals surface area contributed by atoms with E-state index in [4.69, 9.17) is 17.0 Å². The van der Waals surface area contributed by atoms with E-state index in [0.717, 1.165) is 22.2 Å². The maximum atomic E-state index is 12.9. The van der Waals surface area contributed by atoms with E-state index in [1.807, 2.05) is 46.7 Å². The lowest BCUT2D eigenvalue weighted by Crippen LogP contribution is -2.35. The van der Waals surface area contributed by atoms with Gasteiger partial charge in [0.25, 0.3) is 5.56 Å². The molecular formula is C26H25N3O3S2. The van der Waals surface area contributed by atoms with Gasteiger partial charge in [-0.15, -0.1) is 11.3 Å². The molecule has 4 aromatic rings. The summed E-state index contributed by atoms with van der Waals surface area (Å²) in [6.07, 6.45) is 0.919. The Morgan fingerprint density at radius 2 is 1.94 bits per heavy atom. The van der Waals surface area contributed by atoms with Crippen LogP contribution in [0, 0.1) is 0 Å². The van der Waals surface area contributed by atoms with Crippen molar-refractivity contribution in [3.8, 4) is 0 Å². The highest BCUT2D eigenvalue weighted by molar-refractivity contribution is 7.80. The quantitative estimate of drug-likeness (QED) is 0.269. The number of aryl methyl sites for hydroxylation is 1. The van der Waals surface area contributed by atoms with Gasteiger partial charge in [-0.2, -0.15) is 0 Å². The maximum absolute atomic E-state index is 12.9. The molecule has 2 aromatic heterocycles. The number of ether oxygens (including phenoxy) is 1. The molecule has 0 aliphatic rings. The Balaban J connectivity index is 1.66. The molecular weight excluding hydrogens is 466 g/mol. The van der Waals surface area contributed by atoms with E-state index in [0.29, 0.717) is 35.0 Å². The number of fused-ring (bicyclic) bond motifs is 1. The Hall–Kier alpha value is -3.49. The van der Waals surface area contributed by atoms with E-state index in [9.17, 15) is 9.59 Å². The minimum Gasteiger partial charge on any atom is -0.465 e. The van der Waals surface area contributed by atoms with Crippen LogP contribution in [0.25, 0.3) is 10.9 Å². The van der Waals surface area contributed by atoms with Crippen molar-refractivity contribution in [3.05, 3.63) is 98.0 Å². The fraction of sp³-hybridized carbons (Fsp3) is 0.192. The smallest absolute Gasteiger partial charge is 0.339 e. The zero-order valence-corrected chi connectivity index (χ0v) is 20.6. The van der Waals surface area contributed by atoms with E-state index in [-0.39, 0.29) is 5.56 Å². The second-order valence-corrected chi connectivity index (χ2v) is 9.22. The number of benzene rings is 2. The van der Waals surface area contributed by atoms with Gasteiger partial charge in [0.2, 0.25) is 0 Å². The Morgan fingerprint density at radius 1 is 1.12 bits per heavy atom. The molecule has 4 rings (SSSR count). The molecule has 8 heteroatoms. The number of methoxy groups -OCH3 is 1. The van der Waals surface area contributed by atoms with Crippen molar-refractivity contribution in [2.75, 3.05) is 12.4 Å². The number of carbonyl (C=O) groups excluding carboxylic acids is 1. The molecule has 0 amide bonds. The molecule has 2 heterocycles. The van der Waals surface area contributed by atoms with Gasteiger partial charge in [-0.3, -0.25) is 4.79 Å². The fourth-order valence-corrected chi connectivity index (χ4v) is 4.67. The molecule has 0 saturated heterocycles. The summed E-state index contributed by atoms with van der Waals surface area (Å²) >= 11 is 7.37. The van der Waals surface area contributed by atoms with Crippen molar-refractivity contribution in [1.29, 1.82) is 0 Å². The Labute approximate surface area is 207 Å². The van der Waals surface area contributed by atoms with Gasteiger partial charge < -0.3 is 19.9 Å². The molecule has 0 aliphatic carbocycles. The molecule has 34 heavy (non-hydrogen) atoms. The van der Waals surface area contributed by atoms with Crippen molar-refractivity contribution in [2.45, 2.75) is 26.4 Å². The van der Waals surface area contributed by atoms with Crippen molar-refractivity contribution in [2.24, 2.45) is 0 Å². The number of pyridine rings is 1. The van der Waals surface area contributed by atoms with Crippen LogP contribution in [0.1, 0.15) is 33.3 Å². The summed E-state index contributed by atoms with van der Waals surface area (Å²) in [4.78, 5) is 31.1. The first-order valence-corrected chi connectivity index (χ1v) is 12.2. The summed E-state index contributed by atoms with van der Waals surface area (Å²) in [5.74, 6) is -0.451. The molecule has 0 radical (unpaired) electrons. The number of esters is 1. The lowest BCUT2D eigenvalue weighted by atomic mass is 10.1. The third-order valence-corrected chi connectivity index (χ3v) is 6.76. The Morgan fingerprint density at radius 3 is 2.68 bits per heavy atom. The molecule has 0 spiro atoms. The topological polar surface area (TPSA) is 74.4 Å². The number of aromatic amines is 1. The minimum absolute atomic E-state index is 0.148. The van der Waals surface area contributed by atoms with Crippen molar-refractivity contribution >= 4 is 51.2 Å². The monoisotopic (exact) mass is 491 g/mol. The van der Waals surface area contributed by atoms with Crippen LogP contribution in [0.15, 0.2) is 70.8 Å². The van der Waals surface area contributed by atoms with Crippen LogP contribution in [-0.2, 0) is 24.2 Å². The van der Waals surface area contributed by atoms with Crippen LogP contribution in [0.5, 0.6) is 0 Å². The average molecular weight is 492 g/mol. The van der Waals surface area contributed by atoms with E-state index in [2.05, 4.69) is 23.3 Å². The fourth-order valence-electron chi connectivity index (χ4n) is 3.71. The van der Waals surface area contributed by atoms with Crippen LogP contribution < -0.4 is 10.9 Å². The number of H-pyrrole nitrogens is 1. The van der Waals surface area contributed by atoms with Gasteiger partial charge in [0.1, 0.15) is 0 Å². The van der Waals surface area contributed by atoms with Gasteiger partial charge in [-0.1, -0.05) is 31.2 Å². The van der Waals surface area contributed by atoms with E-state index in [1.165, 1.54) is 12.7 Å². The summed E-state index contributed by atoms with van der Waals surface area (Å²) in [6.45, 7) is 2.94. The molecule has 0 saturated carbocycles. The van der Waals surface area contributed by atoms with Gasteiger partial charge >= 0.3 is 5.97 Å². The van der Waals surface area contributed by atoms with Crippen LogP contribution in [0.4, 0.5) is 5.69 Å². The van der Waals surface area contributed by atoms with Crippen LogP contribution in [-0.4, -0.2) is 28.1 Å². The second-order valence-electron chi connectivity index (χ2n) is 7.80. The van der Waals surface area contributed by atoms with Crippen molar-refractivity contribution in [1.82, 2.24) is 9.88 Å². The van der Waals surface area contributed by atoms with Gasteiger partial charge in [0.15, 0.2) is 5.11 Å². The number of aromatic nitrogens is 1. The largest absolute Gasteiger partial charge is 0.465 e. The molecule has 174 valence electrons. The highest BCUT2D eigenvalue weighted by atomic mass is 32.1. The second kappa shape index (κ2) is 10.6. The van der Waals surface area contributed by atoms with Crippen molar-refractivity contribution < 1.29 is 9.53 Å². The number of thiocarbonyl (C=S) groups is 1. The number of hydrogen-bond acceptors (Lipinski definition) is 5. The first-order valence-electron chi connectivity index (χ1n) is 10.9. The van der Waals surface area contributed by atoms with Gasteiger partial charge in [-0.25, -0.2) is 4.79 Å². The molecule has 0 fully saturated rings. The van der Waals surface area contributed by atoms with E-state index < -0.39 is 5.97 Å². The number of rotatable bonds is 7. The zero-order valence-electron chi connectivity index (χ0n) is 19.0. The number of thiophene rings is 1. The first kappa shape index (κ1) is 23.7. The molecule has 0 bridgehead atoms. The molecule has 2 N–H and O–H groups in total. The number of carbonyl (C=O) groups is 1. The van der Waals surface area contributed by atoms with Crippen LogP contribution >= 0.6 is 23.6 Å². The zero-order chi connectivity index (χ0) is 24.1. The highest BCUT2D eigenvalue weighted by Crippen LogP contribution is 2.21. The van der Waals surface area contributed by atoms with E-state index >= 15 is 0 Å². The normalized spacial score (nSPS) is 10.8. The Kier molecular flexibility index (Phi) is 7.40. The maximum Gasteiger partial charge on any atom is 0.339 e. The SMILES string of the molecule is CCc1ccc2[nH]c(=O)c(CN(Cc3cccs3)C(=S)Nc3ccccc3C(=O)OC)cc2c1. The third kappa shape index (κ3) is 5.35. The summed E-state index contributed by atoms with van der Waals surface area (Å²) < 4.78 is 4.90. The summed E-state index contributed by atoms with van der Waals surface area (Å²) in [5.41, 5.74) is 3.42. The molecule has 6 nitrogen and oxygen atoms in total. The van der Waals surface area contributed by atoms with Crippen LogP contribution in [0.2, 0.25) is 0 Å². The summed E-state index contributed by atoms with van der Waals surface area (Å²) in [7, 11) is 1.34. The number of anilines is 1. The number of nitrogens with zero attached hydrogens (tertiary/aromatic N) is 1. The molecule has 0 unspecified atom stereocenters. The predicted molar refractivity (Wildman–Crippen MR) is 142 cm³/mol. The van der Waals surface area contributed by atoms with Crippen LogP contribution in [0.3, 0.4) is 0 Å². The lowest BCUT2D eigenvalue weighted by Gasteiger charge is -2.26. The average Bonchev–Trinajstić information content (AvgIpc) is 3.36. The van der Waals surface area contributed by atoms with E-state index in [1.54, 1.807) is 29.5 Å². The minimum atomic E-state index is -0.451. The number of nitrogens with one attached hydrogen (secondary N) is 2. The molecule has 0 aliphatic heterocycles. The summed E-state index contributed by atoms with van der Waals surface area (Å²) in [5, 5.41) is 6.58. The van der Waals surface area contributed by atoms with Crippen molar-refractivity contribution in [3.63, 3.8) is 0 Å². The predicted octanol–water partition coefficient (Wildman–Crippen LogP) is 5.34. The van der Waals surface area contributed by atoms with Gasteiger partial charge in [0.05, 0.1) is 31.5 Å². The van der Waals surface area contributed by atoms with Gasteiger partial charge in [-0.05, 0) is 71.4 Å². The van der Waals surface area contributed by atoms with Gasteiger partial charge in [0, 0.05) is 16.0 Å². The molecule has 2 aromatic carbocycles. The standard InChI is InChI=1S/C26H25N3O3S2/c1-3-17-10-11-22-18(13-17)14-19(24(30)27-22)15-29(16-20-7-6-12-34-20)26(33)28-23-9-5-4-8-21(23)25(31)32-2/h4-14H,3,15-16H2,1-2H3,(H,27,30)(H,28,33). The summed E-state index contributed by atoms with van der Waals surface area (Å²) in [6, 6.07) is 19.1.